The minimum atomic E-state index is -5.67. The molecule has 25 heteroatoms. The number of fused-ring (bicyclic) bond motifs is 1. The van der Waals surface area contributed by atoms with Crippen molar-refractivity contribution in [2.75, 3.05) is 45.7 Å². The Kier molecular flexibility index (Phi) is 15.3. The largest absolute Gasteiger partial charge is 0.756 e. The van der Waals surface area contributed by atoms with E-state index in [1.54, 1.807) is 24.3 Å². The zero-order chi connectivity index (χ0) is 43.2. The van der Waals surface area contributed by atoms with E-state index in [-0.39, 0.29) is 28.4 Å². The van der Waals surface area contributed by atoms with E-state index in [2.05, 4.69) is 49.5 Å². The number of aromatic nitrogens is 5. The summed E-state index contributed by atoms with van der Waals surface area (Å²) in [7, 11) is -9.70. The molecular weight excluding hydrogens is 822 g/mol. The number of aliphatic hydroxyl groups is 4. The minimum absolute atomic E-state index is 0.00735. The Hall–Kier alpha value is -4.03. The molecule has 0 saturated carbocycles. The number of aliphatic hydroxyl groups excluding tert-OH is 4. The number of nitrogens with two attached hydrogens (primary N) is 2. The van der Waals surface area contributed by atoms with Gasteiger partial charge >= 0.3 is 7.82 Å². The van der Waals surface area contributed by atoms with Crippen LogP contribution in [0.15, 0.2) is 55.1 Å². The fourth-order valence-corrected chi connectivity index (χ4v) is 8.33. The van der Waals surface area contributed by atoms with Gasteiger partial charge in [0, 0.05) is 11.6 Å². The first-order valence-corrected chi connectivity index (χ1v) is 21.2. The van der Waals surface area contributed by atoms with Crippen molar-refractivity contribution in [3.05, 3.63) is 60.7 Å². The van der Waals surface area contributed by atoms with Crippen LogP contribution < -0.4 is 25.7 Å². The number of hydrogen-bond donors (Lipinski definition) is 7. The third-order valence-electron chi connectivity index (χ3n) is 9.53. The number of carbonyl (C=O) groups is 1. The van der Waals surface area contributed by atoms with Crippen LogP contribution in [0.25, 0.3) is 22.6 Å². The molecule has 23 nitrogen and oxygen atoms in total. The Morgan fingerprint density at radius 1 is 0.949 bits per heavy atom. The molecule has 2 unspecified atom stereocenters. The zero-order valence-electron chi connectivity index (χ0n) is 32.4. The number of phosphoric ester groups is 2. The van der Waals surface area contributed by atoms with E-state index in [0.29, 0.717) is 11.3 Å². The molecule has 4 aromatic rings. The average molecular weight is 871 g/mol. The molecular formula is C34H48N8O15P2. The number of nitrogens with zero attached hydrogens (tertiary/aromatic N) is 6. The first kappa shape index (κ1) is 46.0. The molecule has 2 aliphatic heterocycles. The van der Waals surface area contributed by atoms with Gasteiger partial charge in [-0.3, -0.25) is 18.5 Å². The summed E-state index contributed by atoms with van der Waals surface area (Å²) in [4.78, 5) is 49.2. The minimum Gasteiger partial charge on any atom is -0.756 e. The van der Waals surface area contributed by atoms with Crippen molar-refractivity contribution in [1.82, 2.24) is 24.4 Å². The predicted octanol–water partition coefficient (Wildman–Crippen LogP) is -0.624. The van der Waals surface area contributed by atoms with E-state index in [1.165, 1.54) is 60.4 Å². The average Bonchev–Trinajstić information content (AvgIpc) is 3.84. The van der Waals surface area contributed by atoms with Crippen molar-refractivity contribution < 1.29 is 76.3 Å². The number of primary amides is 1. The fraction of sp³-hybridized carbons (Fsp3) is 0.500. The Labute approximate surface area is 337 Å². The number of benzene rings is 1. The maximum Gasteiger partial charge on any atom is 0.478 e. The van der Waals surface area contributed by atoms with Crippen LogP contribution in [0.1, 0.15) is 43.6 Å². The number of carbonyl (C=O) groups excluding carboxylic acids is 1. The van der Waals surface area contributed by atoms with Crippen LogP contribution in [0.3, 0.4) is 0 Å². The summed E-state index contributed by atoms with van der Waals surface area (Å²) in [6, 6.07) is 9.43. The summed E-state index contributed by atoms with van der Waals surface area (Å²) in [6.07, 6.45) is -8.70. The van der Waals surface area contributed by atoms with Crippen LogP contribution >= 0.6 is 15.6 Å². The molecule has 5 heterocycles. The lowest BCUT2D eigenvalue weighted by Crippen LogP contribution is -2.46. The maximum atomic E-state index is 12.7. The van der Waals surface area contributed by atoms with Gasteiger partial charge in [0.2, 0.25) is 0 Å². The van der Waals surface area contributed by atoms with Crippen molar-refractivity contribution in [3.8, 4) is 17.1 Å². The third kappa shape index (κ3) is 10.8. The van der Waals surface area contributed by atoms with Gasteiger partial charge in [-0.1, -0.05) is 20.8 Å². The molecule has 1 amide bonds. The summed E-state index contributed by atoms with van der Waals surface area (Å²) in [6.45, 7) is 8.18. The Balaban J connectivity index is 0.000000867. The third-order valence-corrected chi connectivity index (χ3v) is 12.1. The van der Waals surface area contributed by atoms with E-state index in [4.69, 9.17) is 30.2 Å². The normalized spacial score (nSPS) is 26.3. The number of phosphoric acid groups is 2. The number of anilines is 1. The zero-order valence-corrected chi connectivity index (χ0v) is 34.2. The Bertz CT molecular complexity index is 2140. The van der Waals surface area contributed by atoms with Gasteiger partial charge in [0.1, 0.15) is 54.0 Å². The Morgan fingerprint density at radius 3 is 2.19 bits per heavy atom. The summed E-state index contributed by atoms with van der Waals surface area (Å²) in [5.74, 6) is -0.0393. The Morgan fingerprint density at radius 2 is 1.58 bits per heavy atom. The molecule has 10 atom stereocenters. The molecule has 2 saturated heterocycles. The summed E-state index contributed by atoms with van der Waals surface area (Å²) < 4.78 is 57.9. The first-order valence-electron chi connectivity index (χ1n) is 18.3. The number of amides is 1. The van der Waals surface area contributed by atoms with Gasteiger partial charge < -0.3 is 65.3 Å². The summed E-state index contributed by atoms with van der Waals surface area (Å²) in [5.41, 5.74) is 12.1. The van der Waals surface area contributed by atoms with Crippen molar-refractivity contribution in [1.29, 1.82) is 0 Å². The van der Waals surface area contributed by atoms with E-state index in [0.717, 1.165) is 6.33 Å². The molecule has 9 N–H and O–H groups in total. The molecule has 2 aliphatic rings. The molecule has 0 spiro atoms. The van der Waals surface area contributed by atoms with Crippen molar-refractivity contribution in [2.24, 2.45) is 5.73 Å². The highest BCUT2D eigenvalue weighted by molar-refractivity contribution is 7.60. The lowest BCUT2D eigenvalue weighted by Gasteiger charge is -2.26. The van der Waals surface area contributed by atoms with Gasteiger partial charge in [0.05, 0.1) is 20.3 Å². The van der Waals surface area contributed by atoms with Gasteiger partial charge in [-0.2, -0.15) is 4.57 Å². The number of rotatable bonds is 16. The highest BCUT2D eigenvalue weighted by Gasteiger charge is 2.50. The number of pyridine rings is 1. The molecule has 1 aromatic carbocycles. The molecule has 0 bridgehead atoms. The monoisotopic (exact) mass is 870 g/mol. The molecule has 0 radical (unpaired) electrons. The van der Waals surface area contributed by atoms with E-state index in [9.17, 15) is 44.1 Å². The maximum absolute atomic E-state index is 12.7. The highest BCUT2D eigenvalue weighted by Crippen LogP contribution is 2.58. The SMILES string of the molecule is CCN(CC)CC.COc1ccc(-c2nc3c(N)ncnc3n2[C@@H]2O[C@H](COP(=O)(O)OP(=O)([O-])OC[C@H]3O[C@@H]([n+]4cccc(C(N)=O)c4)[C@H](O)[C@@H]3O)[C@@H](O)[C@H]2O)cc1. The van der Waals surface area contributed by atoms with Crippen molar-refractivity contribution in [2.45, 2.75) is 69.9 Å². The van der Waals surface area contributed by atoms with Crippen LogP contribution in [0.2, 0.25) is 0 Å². The van der Waals surface area contributed by atoms with Crippen molar-refractivity contribution >= 4 is 38.5 Å². The molecule has 2 fully saturated rings. The van der Waals surface area contributed by atoms with Crippen LogP contribution in [0.4, 0.5) is 5.82 Å². The summed E-state index contributed by atoms with van der Waals surface area (Å²) in [5, 5.41) is 42.7. The van der Waals surface area contributed by atoms with Gasteiger partial charge in [-0.05, 0) is 50.0 Å². The molecule has 0 aliphatic carbocycles. The molecule has 324 valence electrons. The van der Waals surface area contributed by atoms with E-state index in [1.807, 2.05) is 0 Å². The summed E-state index contributed by atoms with van der Waals surface area (Å²) >= 11 is 0. The lowest BCUT2D eigenvalue weighted by atomic mass is 10.1. The number of nitrogen functional groups attached to an aromatic ring is 1. The number of hydrogen-bond acceptors (Lipinski definition) is 19. The first-order chi connectivity index (χ1) is 27.9. The predicted molar refractivity (Wildman–Crippen MR) is 203 cm³/mol. The standard InChI is InChI=1S/C28H33N7O15P2.C6H15N/c1-45-15-6-4-13(5-7-15)25-33-18-23(29)31-12-32-26(18)35(25)28-22(39)20(37)17(49-28)11-47-52(43,44)50-51(41,42)46-10-16-19(36)21(38)27(48-16)34-8-2-3-14(9-34)24(30)40;1-4-7(5-2)6-3/h2-9,12,16-17,19-22,27-28,36-39H,10-11H2,1H3,(H5-,29,30,31,32,40,41,42,43,44);4-6H2,1-3H3/t16-,17-,19-,20-,21-,22-,27-,28-;/m1./s1. The lowest BCUT2D eigenvalue weighted by molar-refractivity contribution is -0.765. The quantitative estimate of drug-likeness (QED) is 0.0545. The van der Waals surface area contributed by atoms with Crippen LogP contribution in [0, 0.1) is 0 Å². The van der Waals surface area contributed by atoms with Gasteiger partial charge in [-0.15, -0.1) is 0 Å². The van der Waals surface area contributed by atoms with Crippen LogP contribution in [0.5, 0.6) is 5.75 Å². The van der Waals surface area contributed by atoms with Gasteiger partial charge in [0.25, 0.3) is 20.0 Å². The van der Waals surface area contributed by atoms with E-state index >= 15 is 0 Å². The fourth-order valence-electron chi connectivity index (χ4n) is 6.28. The topological polar surface area (TPSA) is 334 Å². The second kappa shape index (κ2) is 19.6. The number of ether oxygens (including phenoxy) is 3. The van der Waals surface area contributed by atoms with E-state index < -0.39 is 83.8 Å². The second-order valence-electron chi connectivity index (χ2n) is 13.2. The van der Waals surface area contributed by atoms with Crippen molar-refractivity contribution in [3.63, 3.8) is 0 Å². The van der Waals surface area contributed by atoms with Gasteiger partial charge in [-0.25, -0.2) is 23.8 Å². The number of methoxy groups -OCH3 is 1. The molecule has 6 rings (SSSR count). The van der Waals surface area contributed by atoms with Gasteiger partial charge in [0.15, 0.2) is 41.7 Å². The highest BCUT2D eigenvalue weighted by atomic mass is 31.3. The van der Waals surface area contributed by atoms with Crippen LogP contribution in [-0.2, 0) is 32.0 Å². The second-order valence-corrected chi connectivity index (χ2v) is 16.2. The molecule has 59 heavy (non-hydrogen) atoms. The number of imidazole rings is 1. The smallest absolute Gasteiger partial charge is 0.478 e. The van der Waals surface area contributed by atoms with Crippen LogP contribution in [-0.4, -0.2) is 132 Å². The molecule has 3 aromatic heterocycles.